The quantitative estimate of drug-likeness (QED) is 0.446. The molecule has 0 saturated carbocycles. The number of rotatable bonds is 0. The van der Waals surface area contributed by atoms with Crippen LogP contribution < -0.4 is 4.81 Å². The van der Waals surface area contributed by atoms with Gasteiger partial charge in [-0.25, -0.2) is 0 Å². The summed E-state index contributed by atoms with van der Waals surface area (Å²) in [6, 6.07) is 8.11. The number of hydrogen-bond donors (Lipinski definition) is 0. The van der Waals surface area contributed by atoms with E-state index in [4.69, 9.17) is 13.2 Å². The van der Waals surface area contributed by atoms with Crippen LogP contribution in [0.1, 0.15) is 10.4 Å². The van der Waals surface area contributed by atoms with E-state index in [0.717, 1.165) is 4.81 Å². The minimum atomic E-state index is -1.31. The van der Waals surface area contributed by atoms with Gasteiger partial charge in [-0.05, 0) is 12.1 Å². The van der Waals surface area contributed by atoms with Gasteiger partial charge in [0.25, 0.3) is 0 Å². The number of benzene rings is 1. The van der Waals surface area contributed by atoms with Gasteiger partial charge >= 0.3 is 0 Å². The van der Waals surface area contributed by atoms with Gasteiger partial charge in [0.05, 0.1) is 6.07 Å². The molecule has 0 N–H and O–H groups in total. The minimum Gasteiger partial charge on any atom is -0.367 e. The van der Waals surface area contributed by atoms with Crippen molar-refractivity contribution in [2.45, 2.75) is 0 Å². The zero-order valence-electron chi connectivity index (χ0n) is 7.68. The first kappa shape index (κ1) is 9.47. The summed E-state index contributed by atoms with van der Waals surface area (Å²) in [5, 5.41) is 8.70. The lowest BCUT2D eigenvalue weighted by atomic mass is 9.89. The van der Waals surface area contributed by atoms with E-state index in [2.05, 4.69) is 0 Å². The van der Waals surface area contributed by atoms with Crippen LogP contribution in [0.4, 0.5) is 5.69 Å². The Kier molecular flexibility index (Phi) is 2.05. The standard InChI is InChI=1S/C10H5BN2O2/c11-13-8-4-2-1-3-6(8)9(14)7(5-12)10(13)15/h1-4,7H. The third-order valence-electron chi connectivity index (χ3n) is 2.30. The van der Waals surface area contributed by atoms with Gasteiger partial charge in [-0.15, -0.1) is 0 Å². The lowest BCUT2D eigenvalue weighted by Crippen LogP contribution is -2.42. The fraction of sp³-hybridized carbons (Fsp3) is 0.100. The molecule has 0 aromatic heterocycles. The first-order valence-electron chi connectivity index (χ1n) is 4.28. The number of carbonyl (C=O) groups excluding carboxylic acids is 2. The van der Waals surface area contributed by atoms with Crippen molar-refractivity contribution >= 4 is 25.4 Å². The molecule has 1 aliphatic rings. The molecule has 0 fully saturated rings. The van der Waals surface area contributed by atoms with Gasteiger partial charge in [-0.2, -0.15) is 5.26 Å². The van der Waals surface area contributed by atoms with E-state index in [-0.39, 0.29) is 0 Å². The highest BCUT2D eigenvalue weighted by Gasteiger charge is 2.36. The first-order chi connectivity index (χ1) is 7.16. The van der Waals surface area contributed by atoms with Crippen LogP contribution in [0.3, 0.4) is 0 Å². The van der Waals surface area contributed by atoms with Crippen molar-refractivity contribution in [2.24, 2.45) is 5.92 Å². The second-order valence-electron chi connectivity index (χ2n) is 3.15. The van der Waals surface area contributed by atoms with Crippen LogP contribution >= 0.6 is 0 Å². The van der Waals surface area contributed by atoms with Gasteiger partial charge in [0.2, 0.25) is 13.9 Å². The Balaban J connectivity index is 2.63. The van der Waals surface area contributed by atoms with E-state index >= 15 is 0 Å². The summed E-state index contributed by atoms with van der Waals surface area (Å²) in [4.78, 5) is 24.0. The molecular weight excluding hydrogens is 191 g/mol. The van der Waals surface area contributed by atoms with Crippen LogP contribution in [-0.2, 0) is 4.79 Å². The molecule has 1 aromatic rings. The van der Waals surface area contributed by atoms with Crippen LogP contribution in [0.15, 0.2) is 24.3 Å². The van der Waals surface area contributed by atoms with Crippen molar-refractivity contribution in [1.29, 1.82) is 5.26 Å². The Morgan fingerprint density at radius 2 is 2.00 bits per heavy atom. The largest absolute Gasteiger partial charge is 0.367 e. The fourth-order valence-electron chi connectivity index (χ4n) is 1.53. The molecule has 1 aliphatic heterocycles. The van der Waals surface area contributed by atoms with E-state index < -0.39 is 17.6 Å². The Morgan fingerprint density at radius 3 is 2.67 bits per heavy atom. The predicted octanol–water partition coefficient (Wildman–Crippen LogP) is 0.439. The van der Waals surface area contributed by atoms with Gasteiger partial charge in [0.15, 0.2) is 11.7 Å². The Hall–Kier alpha value is -2.09. The molecule has 2 radical (unpaired) electrons. The second-order valence-corrected chi connectivity index (χ2v) is 3.15. The van der Waals surface area contributed by atoms with Crippen LogP contribution in [0.5, 0.6) is 0 Å². The molecule has 1 aromatic carbocycles. The van der Waals surface area contributed by atoms with Crippen molar-refractivity contribution in [3.63, 3.8) is 0 Å². The topological polar surface area (TPSA) is 61.2 Å². The molecule has 1 unspecified atom stereocenters. The van der Waals surface area contributed by atoms with Crippen molar-refractivity contribution in [3.8, 4) is 6.07 Å². The Morgan fingerprint density at radius 1 is 1.33 bits per heavy atom. The zero-order chi connectivity index (χ0) is 11.0. The number of anilines is 1. The monoisotopic (exact) mass is 196 g/mol. The molecule has 0 spiro atoms. The smallest absolute Gasteiger partial charge is 0.239 e. The molecule has 1 heterocycles. The first-order valence-corrected chi connectivity index (χ1v) is 4.28. The summed E-state index contributed by atoms with van der Waals surface area (Å²) >= 11 is 0. The number of nitrogens with zero attached hydrogens (tertiary/aromatic N) is 2. The number of fused-ring (bicyclic) bond motifs is 1. The molecule has 0 bridgehead atoms. The zero-order valence-corrected chi connectivity index (χ0v) is 7.68. The average molecular weight is 196 g/mol. The number of nitriles is 1. The van der Waals surface area contributed by atoms with Gasteiger partial charge in [-0.1, -0.05) is 12.1 Å². The lowest BCUT2D eigenvalue weighted by molar-refractivity contribution is -0.118. The maximum atomic E-state index is 11.7. The maximum Gasteiger partial charge on any atom is 0.239 e. The normalized spacial score (nSPS) is 19.7. The molecule has 4 nitrogen and oxygen atoms in total. The van der Waals surface area contributed by atoms with E-state index in [1.165, 1.54) is 0 Å². The van der Waals surface area contributed by atoms with Crippen LogP contribution in [0.2, 0.25) is 0 Å². The number of Topliss-reactive ketones (excluding diaryl/α,β-unsaturated/α-hetero) is 1. The van der Waals surface area contributed by atoms with Crippen molar-refractivity contribution in [3.05, 3.63) is 29.8 Å². The highest BCUT2D eigenvalue weighted by Crippen LogP contribution is 2.28. The van der Waals surface area contributed by atoms with Gasteiger partial charge < -0.3 is 4.81 Å². The number of hydrogen-bond acceptors (Lipinski definition) is 3. The highest BCUT2D eigenvalue weighted by molar-refractivity contribution is 6.38. The molecule has 2 rings (SSSR count). The Bertz CT molecular complexity index is 492. The number of ketones is 1. The highest BCUT2D eigenvalue weighted by atomic mass is 16.2. The molecule has 1 amide bonds. The summed E-state index contributed by atoms with van der Waals surface area (Å²) in [6.45, 7) is 0. The molecule has 15 heavy (non-hydrogen) atoms. The summed E-state index contributed by atoms with van der Waals surface area (Å²) < 4.78 is 0. The van der Waals surface area contributed by atoms with Gasteiger partial charge in [0.1, 0.15) is 0 Å². The van der Waals surface area contributed by atoms with Crippen molar-refractivity contribution in [1.82, 2.24) is 0 Å². The summed E-state index contributed by atoms with van der Waals surface area (Å²) in [7, 11) is 5.50. The minimum absolute atomic E-state index is 0.311. The molecule has 0 saturated heterocycles. The third kappa shape index (κ3) is 1.23. The summed E-state index contributed by atoms with van der Waals surface area (Å²) in [5.41, 5.74) is 0.658. The van der Waals surface area contributed by atoms with E-state index in [1.807, 2.05) is 0 Å². The Labute approximate surface area is 87.5 Å². The molecule has 0 aliphatic carbocycles. The summed E-state index contributed by atoms with van der Waals surface area (Å²) in [6.07, 6.45) is 0. The number of amides is 1. The SMILES string of the molecule is [B]N1C(=O)C(C#N)C(=O)c2ccccc21. The van der Waals surface area contributed by atoms with Crippen LogP contribution in [-0.4, -0.2) is 19.7 Å². The molecular formula is C10H5BN2O2. The molecule has 1 atom stereocenters. The third-order valence-corrected chi connectivity index (χ3v) is 2.30. The predicted molar refractivity (Wildman–Crippen MR) is 53.1 cm³/mol. The van der Waals surface area contributed by atoms with Crippen LogP contribution in [0.25, 0.3) is 0 Å². The van der Waals surface area contributed by atoms with Gasteiger partial charge in [0, 0.05) is 11.3 Å². The maximum absolute atomic E-state index is 11.7. The van der Waals surface area contributed by atoms with E-state index in [0.29, 0.717) is 11.3 Å². The molecule has 70 valence electrons. The average Bonchev–Trinajstić information content (AvgIpc) is 2.27. The molecule has 5 heteroatoms. The van der Waals surface area contributed by atoms with Gasteiger partial charge in [-0.3, -0.25) is 9.59 Å². The lowest BCUT2D eigenvalue weighted by Gasteiger charge is -2.27. The van der Waals surface area contributed by atoms with E-state index in [9.17, 15) is 9.59 Å². The van der Waals surface area contributed by atoms with Crippen molar-refractivity contribution < 1.29 is 9.59 Å². The summed E-state index contributed by atoms with van der Waals surface area (Å²) in [5.74, 6) is -2.48. The van der Waals surface area contributed by atoms with Crippen molar-refractivity contribution in [2.75, 3.05) is 4.81 Å². The van der Waals surface area contributed by atoms with Crippen LogP contribution in [0, 0.1) is 17.2 Å². The second kappa shape index (κ2) is 3.25. The fourth-order valence-corrected chi connectivity index (χ4v) is 1.53. The number of para-hydroxylation sites is 1. The number of carbonyl (C=O) groups is 2. The van der Waals surface area contributed by atoms with E-state index in [1.54, 1.807) is 30.3 Å².